The fourth-order valence-corrected chi connectivity index (χ4v) is 6.24. The van der Waals surface area contributed by atoms with Crippen LogP contribution in [0.1, 0.15) is 67.8 Å². The first-order valence-corrected chi connectivity index (χ1v) is 9.74. The average molecular weight is 347 g/mol. The monoisotopic (exact) mass is 346 g/mol. The van der Waals surface area contributed by atoms with Crippen molar-refractivity contribution in [1.29, 1.82) is 0 Å². The van der Waals surface area contributed by atoms with E-state index in [1.165, 1.54) is 19.3 Å². The van der Waals surface area contributed by atoms with Gasteiger partial charge in [0.2, 0.25) is 0 Å². The van der Waals surface area contributed by atoms with E-state index in [-0.39, 0.29) is 5.56 Å². The van der Waals surface area contributed by atoms with Crippen molar-refractivity contribution in [2.24, 2.45) is 23.7 Å². The Kier molecular flexibility index (Phi) is 4.03. The van der Waals surface area contributed by atoms with Gasteiger partial charge in [-0.2, -0.15) is 0 Å². The third kappa shape index (κ3) is 2.28. The first-order chi connectivity index (χ1) is 11.5. The van der Waals surface area contributed by atoms with Crippen molar-refractivity contribution < 1.29 is 9.90 Å². The Morgan fingerprint density at radius 1 is 1.29 bits per heavy atom. The molecule has 3 aliphatic rings. The number of carbonyl (C=O) groups excluding carboxylic acids is 1. The highest BCUT2D eigenvalue weighted by atomic mass is 35.5. The summed E-state index contributed by atoms with van der Waals surface area (Å²) in [5, 5.41) is 15.8. The molecule has 2 bridgehead atoms. The molecule has 4 rings (SSSR count). The molecule has 1 N–H and O–H groups in total. The molecule has 0 amide bonds. The first kappa shape index (κ1) is 16.3. The molecule has 24 heavy (non-hydrogen) atoms. The highest BCUT2D eigenvalue weighted by molar-refractivity contribution is 6.31. The van der Waals surface area contributed by atoms with Crippen molar-refractivity contribution in [3.63, 3.8) is 0 Å². The number of nitrogens with one attached hydrogen (secondary N) is 1. The van der Waals surface area contributed by atoms with Crippen LogP contribution < -0.4 is 10.4 Å². The smallest absolute Gasteiger partial charge is 0.0736 e. The molecule has 0 saturated heterocycles. The van der Waals surface area contributed by atoms with Crippen molar-refractivity contribution >= 4 is 23.3 Å². The number of benzene rings is 1. The third-order valence-corrected chi connectivity index (χ3v) is 7.19. The van der Waals surface area contributed by atoms with E-state index in [1.807, 2.05) is 6.07 Å². The van der Waals surface area contributed by atoms with Gasteiger partial charge in [-0.25, -0.2) is 0 Å². The maximum absolute atomic E-state index is 11.7. The van der Waals surface area contributed by atoms with Crippen LogP contribution in [-0.4, -0.2) is 12.0 Å². The molecule has 2 saturated carbocycles. The molecule has 1 aromatic carbocycles. The van der Waals surface area contributed by atoms with Crippen LogP contribution in [0.2, 0.25) is 5.02 Å². The van der Waals surface area contributed by atoms with Gasteiger partial charge in [0.05, 0.1) is 5.97 Å². The Morgan fingerprint density at radius 2 is 2.00 bits per heavy atom. The maximum atomic E-state index is 11.7. The van der Waals surface area contributed by atoms with Gasteiger partial charge in [0.1, 0.15) is 0 Å². The SMILES string of the molecule is CCC(CC)[C@H]1Nc2c(C(=O)[O-])cc(Cl)cc2[C@H]2[C@H]3CC[C@H](C3)[C@H]21. The molecule has 0 aromatic heterocycles. The number of anilines is 1. The average Bonchev–Trinajstić information content (AvgIpc) is 3.17. The van der Waals surface area contributed by atoms with Crippen molar-refractivity contribution in [2.75, 3.05) is 5.32 Å². The normalized spacial score (nSPS) is 33.2. The summed E-state index contributed by atoms with van der Waals surface area (Å²) in [6.45, 7) is 4.49. The van der Waals surface area contributed by atoms with Crippen molar-refractivity contribution in [3.8, 4) is 0 Å². The summed E-state index contributed by atoms with van der Waals surface area (Å²) < 4.78 is 0. The second-order valence-electron chi connectivity index (χ2n) is 7.89. The van der Waals surface area contributed by atoms with E-state index in [0.29, 0.717) is 34.7 Å². The van der Waals surface area contributed by atoms with Crippen LogP contribution in [0.4, 0.5) is 5.69 Å². The summed E-state index contributed by atoms with van der Waals surface area (Å²) in [4.78, 5) is 11.7. The Morgan fingerprint density at radius 3 is 2.67 bits per heavy atom. The molecule has 1 aromatic rings. The van der Waals surface area contributed by atoms with Crippen LogP contribution in [0, 0.1) is 23.7 Å². The number of aromatic carboxylic acids is 1. The van der Waals surface area contributed by atoms with Crippen LogP contribution in [0.25, 0.3) is 0 Å². The van der Waals surface area contributed by atoms with Gasteiger partial charge in [-0.15, -0.1) is 0 Å². The van der Waals surface area contributed by atoms with Gasteiger partial charge in [-0.1, -0.05) is 38.3 Å². The molecule has 130 valence electrons. The largest absolute Gasteiger partial charge is 0.545 e. The highest BCUT2D eigenvalue weighted by Crippen LogP contribution is 2.62. The zero-order chi connectivity index (χ0) is 17.0. The molecule has 0 radical (unpaired) electrons. The third-order valence-electron chi connectivity index (χ3n) is 6.98. The zero-order valence-corrected chi connectivity index (χ0v) is 15.1. The number of carbonyl (C=O) groups is 1. The lowest BCUT2D eigenvalue weighted by Crippen LogP contribution is -2.46. The number of hydrogen-bond acceptors (Lipinski definition) is 3. The van der Waals surface area contributed by atoms with Gasteiger partial charge in [0.25, 0.3) is 0 Å². The second-order valence-corrected chi connectivity index (χ2v) is 8.32. The number of carboxylic acids is 1. The number of hydrogen-bond donors (Lipinski definition) is 1. The van der Waals surface area contributed by atoms with Crippen molar-refractivity contribution in [3.05, 3.63) is 28.3 Å². The number of rotatable bonds is 4. The Labute approximate surface area is 148 Å². The molecule has 1 heterocycles. The molecule has 2 aliphatic carbocycles. The van der Waals surface area contributed by atoms with Crippen LogP contribution >= 0.6 is 11.6 Å². The summed E-state index contributed by atoms with van der Waals surface area (Å²) in [7, 11) is 0. The molecule has 2 fully saturated rings. The number of fused-ring (bicyclic) bond motifs is 7. The summed E-state index contributed by atoms with van der Waals surface area (Å²) in [6, 6.07) is 3.91. The summed E-state index contributed by atoms with van der Waals surface area (Å²) >= 11 is 6.25. The van der Waals surface area contributed by atoms with Crippen LogP contribution in [0.5, 0.6) is 0 Å². The fourth-order valence-electron chi connectivity index (χ4n) is 6.02. The van der Waals surface area contributed by atoms with Gasteiger partial charge in [0, 0.05) is 22.3 Å². The van der Waals surface area contributed by atoms with Gasteiger partial charge in [0.15, 0.2) is 0 Å². The quantitative estimate of drug-likeness (QED) is 0.894. The first-order valence-electron chi connectivity index (χ1n) is 9.36. The van der Waals surface area contributed by atoms with E-state index in [1.54, 1.807) is 6.07 Å². The van der Waals surface area contributed by atoms with Crippen LogP contribution in [0.15, 0.2) is 12.1 Å². The van der Waals surface area contributed by atoms with Crippen LogP contribution in [0.3, 0.4) is 0 Å². The molecule has 0 spiro atoms. The Hall–Kier alpha value is -1.22. The highest BCUT2D eigenvalue weighted by Gasteiger charge is 2.54. The lowest BCUT2D eigenvalue weighted by molar-refractivity contribution is -0.254. The molecule has 4 heteroatoms. The van der Waals surface area contributed by atoms with E-state index < -0.39 is 5.97 Å². The van der Waals surface area contributed by atoms with E-state index >= 15 is 0 Å². The predicted octanol–water partition coefficient (Wildman–Crippen LogP) is 4.06. The van der Waals surface area contributed by atoms with Crippen LogP contribution in [-0.2, 0) is 0 Å². The van der Waals surface area contributed by atoms with E-state index in [2.05, 4.69) is 19.2 Å². The number of carboxylic acid groups (broad SMARTS) is 1. The van der Waals surface area contributed by atoms with Gasteiger partial charge < -0.3 is 15.2 Å². The molecule has 5 atom stereocenters. The topological polar surface area (TPSA) is 52.2 Å². The summed E-state index contributed by atoms with van der Waals surface area (Å²) in [6.07, 6.45) is 6.14. The van der Waals surface area contributed by atoms with E-state index in [4.69, 9.17) is 11.6 Å². The standard InChI is InChI=1S/C20H26ClNO2/c1-3-10(4-2)18-17-12-6-5-11(7-12)16(17)14-8-13(21)9-15(20(23)24)19(14)22-18/h8-12,16-18,22H,3-7H2,1-2H3,(H,23,24)/p-1/t11-,12+,16+,17+,18+/m0/s1. The molecular formula is C20H25ClNO2-. The van der Waals surface area contributed by atoms with E-state index in [0.717, 1.165) is 30.0 Å². The lowest BCUT2D eigenvalue weighted by Gasteiger charge is -2.47. The Balaban J connectivity index is 1.86. The zero-order valence-electron chi connectivity index (χ0n) is 14.3. The predicted molar refractivity (Wildman–Crippen MR) is 94.3 cm³/mol. The Bertz CT molecular complexity index is 670. The van der Waals surface area contributed by atoms with Gasteiger partial charge >= 0.3 is 0 Å². The second kappa shape index (κ2) is 5.94. The minimum atomic E-state index is -1.13. The van der Waals surface area contributed by atoms with Crippen molar-refractivity contribution in [1.82, 2.24) is 0 Å². The molecule has 3 nitrogen and oxygen atoms in total. The van der Waals surface area contributed by atoms with Gasteiger partial charge in [-0.05, 0) is 66.5 Å². The summed E-state index contributed by atoms with van der Waals surface area (Å²) in [5.74, 6) is 1.99. The molecule has 1 aliphatic heterocycles. The van der Waals surface area contributed by atoms with Gasteiger partial charge in [-0.3, -0.25) is 0 Å². The minimum absolute atomic E-state index is 0.231. The molecule has 0 unspecified atom stereocenters. The van der Waals surface area contributed by atoms with Crippen molar-refractivity contribution in [2.45, 2.75) is 57.9 Å². The minimum Gasteiger partial charge on any atom is -0.545 e. The summed E-state index contributed by atoms with van der Waals surface area (Å²) in [5.41, 5.74) is 2.14. The number of halogens is 1. The van der Waals surface area contributed by atoms with E-state index in [9.17, 15) is 9.90 Å². The fraction of sp³-hybridized carbons (Fsp3) is 0.650. The maximum Gasteiger partial charge on any atom is 0.0736 e. The lowest BCUT2D eigenvalue weighted by atomic mass is 9.65. The molecular weight excluding hydrogens is 322 g/mol.